The number of amides is 1. The molecule has 2 N–H and O–H groups in total. The molecule has 1 unspecified atom stereocenters. The van der Waals surface area contributed by atoms with Crippen molar-refractivity contribution in [2.24, 2.45) is 5.92 Å². The lowest BCUT2D eigenvalue weighted by molar-refractivity contribution is -0.384. The first-order valence-electron chi connectivity index (χ1n) is 10.1. The van der Waals surface area contributed by atoms with E-state index in [-0.39, 0.29) is 23.7 Å². The van der Waals surface area contributed by atoms with Crippen molar-refractivity contribution in [1.29, 1.82) is 0 Å². The smallest absolute Gasteiger partial charge is 0.293 e. The predicted octanol–water partition coefficient (Wildman–Crippen LogP) is 2.65. The van der Waals surface area contributed by atoms with Gasteiger partial charge in [-0.2, -0.15) is 0 Å². The molecule has 2 saturated heterocycles. The summed E-state index contributed by atoms with van der Waals surface area (Å²) >= 11 is 0. The van der Waals surface area contributed by atoms with Gasteiger partial charge in [0.05, 0.1) is 11.5 Å². The fourth-order valence-corrected chi connectivity index (χ4v) is 3.86. The van der Waals surface area contributed by atoms with E-state index in [4.69, 9.17) is 4.74 Å². The van der Waals surface area contributed by atoms with Gasteiger partial charge in [-0.1, -0.05) is 0 Å². The number of anilines is 1. The Balaban J connectivity index is 1.59. The molecular formula is C20H30N4O4. The molecule has 1 atom stereocenters. The third-order valence-corrected chi connectivity index (χ3v) is 5.36. The van der Waals surface area contributed by atoms with Gasteiger partial charge in [0.15, 0.2) is 0 Å². The largest absolute Gasteiger partial charge is 0.381 e. The number of ether oxygens (including phenoxy) is 1. The van der Waals surface area contributed by atoms with Crippen molar-refractivity contribution in [1.82, 2.24) is 10.2 Å². The summed E-state index contributed by atoms with van der Waals surface area (Å²) in [7, 11) is 0. The highest BCUT2D eigenvalue weighted by atomic mass is 16.6. The van der Waals surface area contributed by atoms with Gasteiger partial charge in [0, 0.05) is 50.0 Å². The number of hydrogen-bond acceptors (Lipinski definition) is 6. The van der Waals surface area contributed by atoms with Gasteiger partial charge in [0.2, 0.25) is 0 Å². The van der Waals surface area contributed by atoms with Crippen molar-refractivity contribution >= 4 is 17.3 Å². The molecule has 154 valence electrons. The molecule has 2 heterocycles. The summed E-state index contributed by atoms with van der Waals surface area (Å²) in [5.41, 5.74) is 0.732. The Hall–Kier alpha value is -2.19. The van der Waals surface area contributed by atoms with E-state index in [0.29, 0.717) is 17.2 Å². The fourth-order valence-electron chi connectivity index (χ4n) is 3.86. The van der Waals surface area contributed by atoms with Gasteiger partial charge in [-0.05, 0) is 51.2 Å². The number of nitrogens with zero attached hydrogens (tertiary/aromatic N) is 2. The van der Waals surface area contributed by atoms with Crippen LogP contribution in [-0.4, -0.2) is 60.7 Å². The van der Waals surface area contributed by atoms with Crippen molar-refractivity contribution in [3.05, 3.63) is 33.9 Å². The number of likely N-dealkylation sites (tertiary alicyclic amines) is 1. The summed E-state index contributed by atoms with van der Waals surface area (Å²) in [6.45, 7) is 8.49. The Kier molecular flexibility index (Phi) is 6.85. The molecule has 0 spiro atoms. The van der Waals surface area contributed by atoms with Gasteiger partial charge in [-0.15, -0.1) is 0 Å². The van der Waals surface area contributed by atoms with Crippen LogP contribution in [0, 0.1) is 16.0 Å². The first kappa shape index (κ1) is 20.5. The topological polar surface area (TPSA) is 96.7 Å². The maximum absolute atomic E-state index is 12.1. The predicted molar refractivity (Wildman–Crippen MR) is 108 cm³/mol. The average molecular weight is 390 g/mol. The molecule has 0 saturated carbocycles. The summed E-state index contributed by atoms with van der Waals surface area (Å²) in [6, 6.07) is 4.82. The van der Waals surface area contributed by atoms with Crippen LogP contribution in [0.25, 0.3) is 0 Å². The minimum atomic E-state index is -0.427. The lowest BCUT2D eigenvalue weighted by Gasteiger charge is -2.34. The van der Waals surface area contributed by atoms with Crippen LogP contribution >= 0.6 is 0 Å². The second kappa shape index (κ2) is 9.34. The molecule has 28 heavy (non-hydrogen) atoms. The SMILES string of the molecule is CC(C)NC(=O)c1ccc(NC2CCN(CC3CCOC3)CC2)c([N+](=O)[O-])c1. The van der Waals surface area contributed by atoms with Crippen LogP contribution in [0.4, 0.5) is 11.4 Å². The molecule has 0 radical (unpaired) electrons. The average Bonchev–Trinajstić information content (AvgIpc) is 3.16. The molecule has 0 aromatic heterocycles. The summed E-state index contributed by atoms with van der Waals surface area (Å²) in [5, 5.41) is 17.6. The van der Waals surface area contributed by atoms with Gasteiger partial charge >= 0.3 is 0 Å². The van der Waals surface area contributed by atoms with E-state index in [1.165, 1.54) is 6.07 Å². The summed E-state index contributed by atoms with van der Waals surface area (Å²) in [6.07, 6.45) is 3.03. The van der Waals surface area contributed by atoms with Crippen LogP contribution in [0.3, 0.4) is 0 Å². The third-order valence-electron chi connectivity index (χ3n) is 5.36. The molecule has 3 rings (SSSR count). The van der Waals surface area contributed by atoms with Gasteiger partial charge in [-0.25, -0.2) is 0 Å². The Morgan fingerprint density at radius 2 is 2.07 bits per heavy atom. The number of nitro benzene ring substituents is 1. The molecule has 0 aliphatic carbocycles. The maximum Gasteiger partial charge on any atom is 0.293 e. The number of rotatable bonds is 7. The molecule has 1 aromatic rings. The number of carbonyl (C=O) groups excluding carboxylic acids is 1. The van der Waals surface area contributed by atoms with E-state index < -0.39 is 4.92 Å². The maximum atomic E-state index is 12.1. The number of nitro groups is 1. The van der Waals surface area contributed by atoms with E-state index in [9.17, 15) is 14.9 Å². The second-order valence-electron chi connectivity index (χ2n) is 8.07. The monoisotopic (exact) mass is 390 g/mol. The van der Waals surface area contributed by atoms with Crippen molar-refractivity contribution in [2.75, 3.05) is 38.2 Å². The van der Waals surface area contributed by atoms with Crippen LogP contribution in [0.5, 0.6) is 0 Å². The molecule has 2 aliphatic heterocycles. The summed E-state index contributed by atoms with van der Waals surface area (Å²) in [5.74, 6) is 0.337. The third kappa shape index (κ3) is 5.42. The quantitative estimate of drug-likeness (QED) is 0.549. The van der Waals surface area contributed by atoms with Gasteiger partial charge in [0.25, 0.3) is 11.6 Å². The van der Waals surface area contributed by atoms with E-state index in [2.05, 4.69) is 15.5 Å². The van der Waals surface area contributed by atoms with Gasteiger partial charge in [-0.3, -0.25) is 14.9 Å². The molecule has 2 aliphatic rings. The first-order valence-corrected chi connectivity index (χ1v) is 10.1. The molecule has 2 fully saturated rings. The zero-order valence-corrected chi connectivity index (χ0v) is 16.6. The van der Waals surface area contributed by atoms with Crippen LogP contribution < -0.4 is 10.6 Å². The van der Waals surface area contributed by atoms with E-state index >= 15 is 0 Å². The number of hydrogen-bond donors (Lipinski definition) is 2. The second-order valence-corrected chi connectivity index (χ2v) is 8.07. The van der Waals surface area contributed by atoms with Crippen LogP contribution in [0.15, 0.2) is 18.2 Å². The molecule has 8 heteroatoms. The summed E-state index contributed by atoms with van der Waals surface area (Å²) < 4.78 is 5.45. The number of piperidine rings is 1. The Morgan fingerprint density at radius 1 is 1.32 bits per heavy atom. The van der Waals surface area contributed by atoms with Gasteiger partial charge in [0.1, 0.15) is 5.69 Å². The first-order chi connectivity index (χ1) is 13.4. The highest BCUT2D eigenvalue weighted by Gasteiger charge is 2.26. The zero-order chi connectivity index (χ0) is 20.1. The highest BCUT2D eigenvalue weighted by molar-refractivity contribution is 5.95. The van der Waals surface area contributed by atoms with Crippen LogP contribution in [-0.2, 0) is 4.74 Å². The molecular weight excluding hydrogens is 360 g/mol. The lowest BCUT2D eigenvalue weighted by atomic mass is 10.0. The normalized spacial score (nSPS) is 21.0. The van der Waals surface area contributed by atoms with E-state index in [0.717, 1.165) is 52.1 Å². The van der Waals surface area contributed by atoms with Gasteiger partial charge < -0.3 is 20.3 Å². The summed E-state index contributed by atoms with van der Waals surface area (Å²) in [4.78, 5) is 25.7. The van der Waals surface area contributed by atoms with E-state index in [1.54, 1.807) is 12.1 Å². The van der Waals surface area contributed by atoms with Crippen LogP contribution in [0.2, 0.25) is 0 Å². The minimum absolute atomic E-state index is 0.0228. The number of benzene rings is 1. The van der Waals surface area contributed by atoms with Crippen molar-refractivity contribution < 1.29 is 14.5 Å². The number of nitrogens with one attached hydrogen (secondary N) is 2. The standard InChI is InChI=1S/C20H30N4O4/c1-14(2)21-20(25)16-3-4-18(19(11-16)24(26)27)22-17-5-8-23(9-6-17)12-15-7-10-28-13-15/h3-4,11,14-15,17,22H,5-10,12-13H2,1-2H3,(H,21,25). The fraction of sp³-hybridized carbons (Fsp3) is 0.650. The molecule has 0 bridgehead atoms. The minimum Gasteiger partial charge on any atom is -0.381 e. The van der Waals surface area contributed by atoms with Crippen LogP contribution in [0.1, 0.15) is 43.5 Å². The molecule has 8 nitrogen and oxygen atoms in total. The highest BCUT2D eigenvalue weighted by Crippen LogP contribution is 2.28. The molecule has 1 aromatic carbocycles. The number of carbonyl (C=O) groups is 1. The Labute approximate surface area is 165 Å². The lowest BCUT2D eigenvalue weighted by Crippen LogP contribution is -2.41. The Morgan fingerprint density at radius 3 is 2.68 bits per heavy atom. The molecule has 1 amide bonds. The van der Waals surface area contributed by atoms with Crippen molar-refractivity contribution in [3.8, 4) is 0 Å². The van der Waals surface area contributed by atoms with E-state index in [1.807, 2.05) is 13.8 Å². The zero-order valence-electron chi connectivity index (χ0n) is 16.6. The Bertz CT molecular complexity index is 695. The van der Waals surface area contributed by atoms with Crippen molar-refractivity contribution in [3.63, 3.8) is 0 Å². The van der Waals surface area contributed by atoms with Crippen molar-refractivity contribution in [2.45, 2.75) is 45.2 Å².